The summed E-state index contributed by atoms with van der Waals surface area (Å²) >= 11 is 0. The zero-order chi connectivity index (χ0) is 19.4. The minimum absolute atomic E-state index is 0.230. The molecule has 27 heavy (non-hydrogen) atoms. The van der Waals surface area contributed by atoms with Crippen molar-refractivity contribution in [3.05, 3.63) is 66.0 Å². The molecule has 0 unspecified atom stereocenters. The highest BCUT2D eigenvalue weighted by Crippen LogP contribution is 2.22. The first-order chi connectivity index (χ1) is 12.9. The van der Waals surface area contributed by atoms with E-state index in [-0.39, 0.29) is 4.90 Å². The number of anilines is 3. The third kappa shape index (κ3) is 4.73. The van der Waals surface area contributed by atoms with Gasteiger partial charge in [0.05, 0.1) is 12.0 Å². The first kappa shape index (κ1) is 18.7. The number of rotatable bonds is 6. The van der Waals surface area contributed by atoms with Crippen LogP contribution in [0.3, 0.4) is 0 Å². The van der Waals surface area contributed by atoms with Crippen LogP contribution in [0, 0.1) is 13.8 Å². The van der Waals surface area contributed by atoms with Crippen LogP contribution in [0.15, 0.2) is 59.5 Å². The van der Waals surface area contributed by atoms with Crippen molar-refractivity contribution in [3.63, 3.8) is 0 Å². The predicted octanol–water partition coefficient (Wildman–Crippen LogP) is 3.65. The smallest absolute Gasteiger partial charge is 0.261 e. The van der Waals surface area contributed by atoms with Crippen LogP contribution in [0.5, 0.6) is 5.88 Å². The molecule has 2 aromatic carbocycles. The minimum atomic E-state index is -3.63. The quantitative estimate of drug-likeness (QED) is 0.674. The number of hydrogen-bond acceptors (Lipinski definition) is 6. The molecule has 0 bridgehead atoms. The Balaban J connectivity index is 1.75. The van der Waals surface area contributed by atoms with Crippen molar-refractivity contribution in [1.29, 1.82) is 0 Å². The number of methoxy groups -OCH3 is 1. The molecule has 1 heterocycles. The number of nitrogens with zero attached hydrogens (tertiary/aromatic N) is 2. The molecule has 8 heteroatoms. The van der Waals surface area contributed by atoms with Crippen molar-refractivity contribution in [2.24, 2.45) is 0 Å². The van der Waals surface area contributed by atoms with E-state index in [1.54, 1.807) is 62.6 Å². The first-order valence-corrected chi connectivity index (χ1v) is 9.70. The number of nitrogens with one attached hydrogen (secondary N) is 2. The molecule has 3 aromatic rings. The van der Waals surface area contributed by atoms with Crippen molar-refractivity contribution in [2.75, 3.05) is 17.1 Å². The molecule has 0 spiro atoms. The van der Waals surface area contributed by atoms with Crippen LogP contribution in [0.25, 0.3) is 0 Å². The van der Waals surface area contributed by atoms with E-state index in [1.807, 2.05) is 13.0 Å². The Morgan fingerprint density at radius 2 is 1.63 bits per heavy atom. The van der Waals surface area contributed by atoms with Crippen molar-refractivity contribution in [1.82, 2.24) is 9.97 Å². The summed E-state index contributed by atoms with van der Waals surface area (Å²) in [6.45, 7) is 3.63. The molecule has 7 nitrogen and oxygen atoms in total. The Morgan fingerprint density at radius 3 is 2.30 bits per heavy atom. The van der Waals surface area contributed by atoms with Crippen LogP contribution < -0.4 is 14.8 Å². The normalized spacial score (nSPS) is 11.1. The van der Waals surface area contributed by atoms with Crippen molar-refractivity contribution < 1.29 is 13.2 Å². The van der Waals surface area contributed by atoms with Gasteiger partial charge >= 0.3 is 0 Å². The Bertz CT molecular complexity index is 1050. The predicted molar refractivity (Wildman–Crippen MR) is 105 cm³/mol. The lowest BCUT2D eigenvalue weighted by Crippen LogP contribution is -2.13. The van der Waals surface area contributed by atoms with E-state index in [0.29, 0.717) is 23.2 Å². The lowest BCUT2D eigenvalue weighted by molar-refractivity contribution is 0.396. The third-order valence-electron chi connectivity index (χ3n) is 3.73. The highest BCUT2D eigenvalue weighted by atomic mass is 32.2. The van der Waals surface area contributed by atoms with E-state index >= 15 is 0 Å². The van der Waals surface area contributed by atoms with Crippen molar-refractivity contribution >= 4 is 27.2 Å². The third-order valence-corrected chi connectivity index (χ3v) is 5.11. The average Bonchev–Trinajstić information content (AvgIpc) is 2.62. The highest BCUT2D eigenvalue weighted by Gasteiger charge is 2.14. The summed E-state index contributed by atoms with van der Waals surface area (Å²) in [4.78, 5) is 8.66. The molecule has 140 valence electrons. The molecule has 0 aliphatic rings. The Kier molecular flexibility index (Phi) is 5.27. The van der Waals surface area contributed by atoms with Crippen LogP contribution in [-0.2, 0) is 10.0 Å². The second kappa shape index (κ2) is 7.63. The van der Waals surface area contributed by atoms with Gasteiger partial charge in [-0.05, 0) is 55.8 Å². The summed E-state index contributed by atoms with van der Waals surface area (Å²) < 4.78 is 32.7. The van der Waals surface area contributed by atoms with Gasteiger partial charge in [-0.2, -0.15) is 4.98 Å². The average molecular weight is 384 g/mol. The zero-order valence-electron chi connectivity index (χ0n) is 15.2. The maximum absolute atomic E-state index is 12.5. The molecule has 0 fully saturated rings. The summed E-state index contributed by atoms with van der Waals surface area (Å²) in [5, 5.41) is 3.14. The fourth-order valence-electron chi connectivity index (χ4n) is 2.47. The lowest BCUT2D eigenvalue weighted by Gasteiger charge is -2.11. The molecule has 1 aromatic heterocycles. The van der Waals surface area contributed by atoms with Crippen LogP contribution in [-0.4, -0.2) is 25.5 Å². The number of hydrogen-bond donors (Lipinski definition) is 2. The Morgan fingerprint density at radius 1 is 0.926 bits per heavy atom. The summed E-state index contributed by atoms with van der Waals surface area (Å²) in [5.74, 6) is 1.64. The highest BCUT2D eigenvalue weighted by molar-refractivity contribution is 7.92. The molecule has 0 radical (unpaired) electrons. The molecule has 0 atom stereocenters. The van der Waals surface area contributed by atoms with Crippen LogP contribution >= 0.6 is 0 Å². The van der Waals surface area contributed by atoms with Crippen molar-refractivity contribution in [2.45, 2.75) is 18.7 Å². The van der Waals surface area contributed by atoms with Gasteiger partial charge in [-0.3, -0.25) is 4.72 Å². The van der Waals surface area contributed by atoms with Gasteiger partial charge in [0.2, 0.25) is 5.88 Å². The standard InChI is InChI=1S/C19H20N4O3S/c1-13-5-4-6-17(11-13)27(24,25)23-16-9-7-15(8-10-16)22-18-12-19(26-3)21-14(2)20-18/h4-12,23H,1-3H3,(H,20,21,22). The van der Waals surface area contributed by atoms with E-state index < -0.39 is 10.0 Å². The summed E-state index contributed by atoms with van der Waals surface area (Å²) in [6.07, 6.45) is 0. The van der Waals surface area contributed by atoms with E-state index in [4.69, 9.17) is 4.74 Å². The number of benzene rings is 2. The second-order valence-corrected chi connectivity index (χ2v) is 7.65. The van der Waals surface area contributed by atoms with Crippen LogP contribution in [0.2, 0.25) is 0 Å². The summed E-state index contributed by atoms with van der Waals surface area (Å²) in [6, 6.07) is 15.3. The van der Waals surface area contributed by atoms with Gasteiger partial charge in [0.1, 0.15) is 11.6 Å². The zero-order valence-corrected chi connectivity index (χ0v) is 16.0. The topological polar surface area (TPSA) is 93.2 Å². The molecule has 0 amide bonds. The van der Waals surface area contributed by atoms with E-state index in [9.17, 15) is 8.42 Å². The minimum Gasteiger partial charge on any atom is -0.481 e. The monoisotopic (exact) mass is 384 g/mol. The number of aromatic nitrogens is 2. The summed E-state index contributed by atoms with van der Waals surface area (Å²) in [5.41, 5.74) is 2.11. The van der Waals surface area contributed by atoms with E-state index in [2.05, 4.69) is 20.0 Å². The van der Waals surface area contributed by atoms with Gasteiger partial charge in [-0.25, -0.2) is 13.4 Å². The van der Waals surface area contributed by atoms with Crippen LogP contribution in [0.4, 0.5) is 17.2 Å². The maximum atomic E-state index is 12.5. The van der Waals surface area contributed by atoms with Gasteiger partial charge in [-0.1, -0.05) is 12.1 Å². The van der Waals surface area contributed by atoms with Gasteiger partial charge in [-0.15, -0.1) is 0 Å². The summed E-state index contributed by atoms with van der Waals surface area (Å²) in [7, 11) is -2.09. The molecule has 2 N–H and O–H groups in total. The Labute approximate surface area is 158 Å². The molecule has 0 aliphatic heterocycles. The molecule has 0 saturated heterocycles. The van der Waals surface area contributed by atoms with Crippen LogP contribution in [0.1, 0.15) is 11.4 Å². The largest absolute Gasteiger partial charge is 0.481 e. The van der Waals surface area contributed by atoms with Gasteiger partial charge in [0, 0.05) is 17.4 Å². The van der Waals surface area contributed by atoms with Gasteiger partial charge in [0.15, 0.2) is 0 Å². The lowest BCUT2D eigenvalue weighted by atomic mass is 10.2. The van der Waals surface area contributed by atoms with E-state index in [1.165, 1.54) is 0 Å². The molecular weight excluding hydrogens is 364 g/mol. The van der Waals surface area contributed by atoms with Gasteiger partial charge < -0.3 is 10.1 Å². The Hall–Kier alpha value is -3.13. The fraction of sp³-hybridized carbons (Fsp3) is 0.158. The second-order valence-electron chi connectivity index (χ2n) is 5.97. The van der Waals surface area contributed by atoms with Gasteiger partial charge in [0.25, 0.3) is 10.0 Å². The number of ether oxygens (including phenoxy) is 1. The number of aryl methyl sites for hydroxylation is 2. The molecule has 0 aliphatic carbocycles. The molecular formula is C19H20N4O3S. The first-order valence-electron chi connectivity index (χ1n) is 8.22. The number of sulfonamides is 1. The van der Waals surface area contributed by atoms with Crippen molar-refractivity contribution in [3.8, 4) is 5.88 Å². The molecule has 0 saturated carbocycles. The van der Waals surface area contributed by atoms with E-state index in [0.717, 1.165) is 11.3 Å². The molecule has 3 rings (SSSR count). The SMILES string of the molecule is COc1cc(Nc2ccc(NS(=O)(=O)c3cccc(C)c3)cc2)nc(C)n1. The fourth-order valence-corrected chi connectivity index (χ4v) is 3.64. The maximum Gasteiger partial charge on any atom is 0.261 e.